The Morgan fingerprint density at radius 1 is 0.972 bits per heavy atom. The number of carbonyl (C=O) groups is 1. The van der Waals surface area contributed by atoms with Gasteiger partial charge in [0.2, 0.25) is 6.79 Å². The van der Waals surface area contributed by atoms with Gasteiger partial charge in [-0.3, -0.25) is 4.79 Å². The molecule has 2 amide bonds. The lowest BCUT2D eigenvalue weighted by Crippen LogP contribution is -2.35. The third-order valence-electron chi connectivity index (χ3n) is 6.19. The normalized spacial score (nSPS) is 11.9. The van der Waals surface area contributed by atoms with Crippen LogP contribution < -0.4 is 25.1 Å². The number of rotatable bonds is 7. The van der Waals surface area contributed by atoms with Crippen LogP contribution in [0.2, 0.25) is 0 Å². The Kier molecular flexibility index (Phi) is 6.49. The van der Waals surface area contributed by atoms with E-state index in [1.165, 1.54) is 5.56 Å². The number of benzene rings is 3. The number of fused-ring (bicyclic) bond motifs is 2. The number of nitrogens with zero attached hydrogens (tertiary/aromatic N) is 1. The summed E-state index contributed by atoms with van der Waals surface area (Å²) >= 11 is 0. The molecule has 2 N–H and O–H groups in total. The fraction of sp³-hybridized carbons (Fsp3) is 0.214. The first-order valence-corrected chi connectivity index (χ1v) is 11.8. The number of methoxy groups -OCH3 is 1. The van der Waals surface area contributed by atoms with Crippen LogP contribution in [0.5, 0.6) is 17.2 Å². The Morgan fingerprint density at radius 3 is 2.53 bits per heavy atom. The molecule has 1 aromatic heterocycles. The van der Waals surface area contributed by atoms with E-state index in [-0.39, 0.29) is 31.5 Å². The molecular weight excluding hydrogens is 458 g/mol. The van der Waals surface area contributed by atoms with Crippen LogP contribution in [0, 0.1) is 0 Å². The molecule has 8 nitrogen and oxygen atoms in total. The number of H-pyrrole nitrogens is 1. The number of aryl methyl sites for hydroxylation is 1. The predicted octanol–water partition coefficient (Wildman–Crippen LogP) is 5.06. The average Bonchev–Trinajstić information content (AvgIpc) is 3.37. The molecule has 184 valence electrons. The van der Waals surface area contributed by atoms with Crippen molar-refractivity contribution >= 4 is 22.6 Å². The fourth-order valence-corrected chi connectivity index (χ4v) is 4.18. The second kappa shape index (κ2) is 10.0. The molecule has 8 heteroatoms. The van der Waals surface area contributed by atoms with Crippen LogP contribution in [0.25, 0.3) is 10.9 Å². The standard InChI is InChI=1S/C28H27N3O5/c1-3-18-4-10-24-20(12-18)14-21(27(32)30-24)16-31(15-19-5-11-25-26(13-19)36-17-35-25)28(33)29-22-6-8-23(34-2)9-7-22/h4-14H,3,15-17H2,1-2H3,(H,29,33)(H,30,32). The maximum absolute atomic E-state index is 13.4. The van der Waals surface area contributed by atoms with Crippen LogP contribution >= 0.6 is 0 Å². The van der Waals surface area contributed by atoms with Crippen LogP contribution in [-0.2, 0) is 19.5 Å². The molecule has 0 atom stereocenters. The van der Waals surface area contributed by atoms with Crippen molar-refractivity contribution in [2.45, 2.75) is 26.4 Å². The largest absolute Gasteiger partial charge is 0.497 e. The van der Waals surface area contributed by atoms with Crippen molar-refractivity contribution in [2.75, 3.05) is 19.2 Å². The van der Waals surface area contributed by atoms with Gasteiger partial charge in [-0.2, -0.15) is 0 Å². The number of carbonyl (C=O) groups excluding carboxylic acids is 1. The number of pyridine rings is 1. The molecule has 1 aliphatic rings. The lowest BCUT2D eigenvalue weighted by Gasteiger charge is -2.23. The minimum atomic E-state index is -0.334. The second-order valence-corrected chi connectivity index (χ2v) is 8.60. The van der Waals surface area contributed by atoms with Gasteiger partial charge in [0.15, 0.2) is 11.5 Å². The van der Waals surface area contributed by atoms with Crippen molar-refractivity contribution in [3.63, 3.8) is 0 Å². The zero-order valence-electron chi connectivity index (χ0n) is 20.2. The molecule has 4 aromatic rings. The Bertz CT molecular complexity index is 1460. The molecule has 0 radical (unpaired) electrons. The summed E-state index contributed by atoms with van der Waals surface area (Å²) in [6.45, 7) is 2.65. The summed E-state index contributed by atoms with van der Waals surface area (Å²) in [5, 5.41) is 3.86. The lowest BCUT2D eigenvalue weighted by atomic mass is 10.1. The van der Waals surface area contributed by atoms with Gasteiger partial charge in [-0.1, -0.05) is 19.1 Å². The van der Waals surface area contributed by atoms with Crippen molar-refractivity contribution < 1.29 is 19.0 Å². The molecule has 0 saturated carbocycles. The smallest absolute Gasteiger partial charge is 0.322 e. The maximum Gasteiger partial charge on any atom is 0.322 e. The van der Waals surface area contributed by atoms with Crippen LogP contribution in [-0.4, -0.2) is 29.8 Å². The van der Waals surface area contributed by atoms with Gasteiger partial charge in [-0.15, -0.1) is 0 Å². The van der Waals surface area contributed by atoms with Gasteiger partial charge in [0.05, 0.1) is 13.7 Å². The minimum Gasteiger partial charge on any atom is -0.497 e. The maximum atomic E-state index is 13.4. The molecule has 36 heavy (non-hydrogen) atoms. The van der Waals surface area contributed by atoms with E-state index in [0.717, 1.165) is 22.9 Å². The van der Waals surface area contributed by atoms with Gasteiger partial charge in [0, 0.05) is 23.3 Å². The molecule has 5 rings (SSSR count). The van der Waals surface area contributed by atoms with E-state index in [1.54, 1.807) is 36.3 Å². The van der Waals surface area contributed by atoms with E-state index < -0.39 is 0 Å². The third-order valence-corrected chi connectivity index (χ3v) is 6.19. The van der Waals surface area contributed by atoms with Crippen molar-refractivity contribution in [2.24, 2.45) is 0 Å². The van der Waals surface area contributed by atoms with Gasteiger partial charge in [-0.25, -0.2) is 4.79 Å². The summed E-state index contributed by atoms with van der Waals surface area (Å²) in [4.78, 5) is 30.9. The van der Waals surface area contributed by atoms with Crippen molar-refractivity contribution in [1.29, 1.82) is 0 Å². The van der Waals surface area contributed by atoms with Crippen LogP contribution in [0.1, 0.15) is 23.6 Å². The highest BCUT2D eigenvalue weighted by atomic mass is 16.7. The first-order chi connectivity index (χ1) is 17.5. The number of nitrogens with one attached hydrogen (secondary N) is 2. The van der Waals surface area contributed by atoms with Gasteiger partial charge < -0.3 is 29.4 Å². The summed E-state index contributed by atoms with van der Waals surface area (Å²) < 4.78 is 16.1. The molecule has 1 aliphatic heterocycles. The predicted molar refractivity (Wildman–Crippen MR) is 138 cm³/mol. The van der Waals surface area contributed by atoms with Gasteiger partial charge >= 0.3 is 6.03 Å². The van der Waals surface area contributed by atoms with Crippen molar-refractivity contribution in [1.82, 2.24) is 9.88 Å². The molecule has 0 aliphatic carbocycles. The van der Waals surface area contributed by atoms with E-state index in [9.17, 15) is 9.59 Å². The van der Waals surface area contributed by atoms with Crippen molar-refractivity contribution in [3.05, 3.63) is 93.8 Å². The fourth-order valence-electron chi connectivity index (χ4n) is 4.18. The summed E-state index contributed by atoms with van der Waals surface area (Å²) in [6, 6.07) is 20.2. The molecule has 0 fully saturated rings. The average molecular weight is 486 g/mol. The van der Waals surface area contributed by atoms with E-state index in [0.29, 0.717) is 28.5 Å². The molecule has 0 saturated heterocycles. The summed E-state index contributed by atoms with van der Waals surface area (Å²) in [7, 11) is 1.59. The number of anilines is 1. The number of ether oxygens (including phenoxy) is 3. The van der Waals surface area contributed by atoms with E-state index in [2.05, 4.69) is 23.3 Å². The zero-order chi connectivity index (χ0) is 25.1. The van der Waals surface area contributed by atoms with Crippen LogP contribution in [0.3, 0.4) is 0 Å². The Labute approximate surface area is 208 Å². The number of aromatic amines is 1. The number of hydrogen-bond donors (Lipinski definition) is 2. The number of amides is 2. The number of hydrogen-bond acceptors (Lipinski definition) is 5. The Morgan fingerprint density at radius 2 is 1.75 bits per heavy atom. The quantitative estimate of drug-likeness (QED) is 0.382. The highest BCUT2D eigenvalue weighted by Crippen LogP contribution is 2.33. The Hall–Kier alpha value is -4.46. The molecule has 0 bridgehead atoms. The van der Waals surface area contributed by atoms with Gasteiger partial charge in [0.1, 0.15) is 5.75 Å². The summed E-state index contributed by atoms with van der Waals surface area (Å²) in [5.41, 5.74) is 3.70. The summed E-state index contributed by atoms with van der Waals surface area (Å²) in [6.07, 6.45) is 0.894. The SMILES string of the molecule is CCc1ccc2[nH]c(=O)c(CN(Cc3ccc4c(c3)OCO4)C(=O)Nc3ccc(OC)cc3)cc2c1. The topological polar surface area (TPSA) is 92.9 Å². The van der Waals surface area contributed by atoms with E-state index in [1.807, 2.05) is 36.4 Å². The number of aromatic nitrogens is 1. The summed E-state index contributed by atoms with van der Waals surface area (Å²) in [5.74, 6) is 2.00. The first kappa shape index (κ1) is 23.3. The van der Waals surface area contributed by atoms with Gasteiger partial charge in [-0.05, 0) is 77.5 Å². The van der Waals surface area contributed by atoms with E-state index in [4.69, 9.17) is 14.2 Å². The van der Waals surface area contributed by atoms with Gasteiger partial charge in [0.25, 0.3) is 5.56 Å². The Balaban J connectivity index is 1.45. The minimum absolute atomic E-state index is 0.123. The monoisotopic (exact) mass is 485 g/mol. The molecule has 0 unspecified atom stereocenters. The zero-order valence-corrected chi connectivity index (χ0v) is 20.2. The highest BCUT2D eigenvalue weighted by Gasteiger charge is 2.20. The first-order valence-electron chi connectivity index (χ1n) is 11.8. The third kappa shape index (κ3) is 4.98. The molecule has 2 heterocycles. The number of urea groups is 1. The van der Waals surface area contributed by atoms with Crippen LogP contribution in [0.15, 0.2) is 71.5 Å². The lowest BCUT2D eigenvalue weighted by molar-refractivity contribution is 0.174. The highest BCUT2D eigenvalue weighted by molar-refractivity contribution is 5.89. The second-order valence-electron chi connectivity index (χ2n) is 8.60. The molecule has 0 spiro atoms. The molecular formula is C28H27N3O5. The van der Waals surface area contributed by atoms with Crippen molar-refractivity contribution in [3.8, 4) is 17.2 Å². The van der Waals surface area contributed by atoms with Crippen LogP contribution in [0.4, 0.5) is 10.5 Å². The van der Waals surface area contributed by atoms with E-state index >= 15 is 0 Å². The molecule has 3 aromatic carbocycles.